The number of carbonyl (C=O) groups is 1. The molecule has 0 saturated heterocycles. The van der Waals surface area contributed by atoms with Crippen LogP contribution in [-0.2, 0) is 32.4 Å². The molecule has 2 aromatic carbocycles. The topological polar surface area (TPSA) is 72.9 Å². The van der Waals surface area contributed by atoms with Crippen molar-refractivity contribution < 1.29 is 35.3 Å². The van der Waals surface area contributed by atoms with Crippen LogP contribution in [0.2, 0.25) is 0 Å². The van der Waals surface area contributed by atoms with Crippen molar-refractivity contribution in [2.75, 3.05) is 20.3 Å². The summed E-state index contributed by atoms with van der Waals surface area (Å²) < 4.78 is 73.1. The number of rotatable bonds is 9. The second-order valence-electron chi connectivity index (χ2n) is 7.31. The van der Waals surface area contributed by atoms with Crippen molar-refractivity contribution in [2.24, 2.45) is 5.92 Å². The number of nitrogens with zero attached hydrogens (tertiary/aromatic N) is 1. The molecule has 0 spiro atoms. The first kappa shape index (κ1) is 24.7. The minimum absolute atomic E-state index is 0.0524. The highest BCUT2D eigenvalue weighted by Crippen LogP contribution is 2.31. The van der Waals surface area contributed by atoms with Crippen molar-refractivity contribution in [1.29, 1.82) is 0 Å². The molecule has 0 heterocycles. The van der Waals surface area contributed by atoms with Crippen LogP contribution < -0.4 is 4.18 Å². The van der Waals surface area contributed by atoms with Gasteiger partial charge in [0.1, 0.15) is 17.3 Å². The molecule has 0 radical (unpaired) electrons. The summed E-state index contributed by atoms with van der Waals surface area (Å²) in [5.41, 5.74) is -0.354. The number of halogens is 3. The molecule has 0 aromatic heterocycles. The maximum atomic E-state index is 12.8. The molecule has 0 atom stereocenters. The lowest BCUT2D eigenvalue weighted by Gasteiger charge is -2.24. The van der Waals surface area contributed by atoms with E-state index < -0.39 is 26.8 Å². The lowest BCUT2D eigenvalue weighted by molar-refractivity contribution is -0.138. The molecule has 170 valence electrons. The van der Waals surface area contributed by atoms with Crippen molar-refractivity contribution >= 4 is 16.0 Å². The number of alkyl halides is 3. The summed E-state index contributed by atoms with van der Waals surface area (Å²) >= 11 is 0. The Hall–Kier alpha value is -2.59. The van der Waals surface area contributed by atoms with E-state index in [-0.39, 0.29) is 24.2 Å². The third kappa shape index (κ3) is 7.25. The van der Waals surface area contributed by atoms with E-state index in [1.165, 1.54) is 19.2 Å². The van der Waals surface area contributed by atoms with E-state index in [1.807, 2.05) is 13.8 Å². The zero-order valence-corrected chi connectivity index (χ0v) is 18.2. The van der Waals surface area contributed by atoms with Crippen LogP contribution in [0.1, 0.15) is 25.0 Å². The van der Waals surface area contributed by atoms with E-state index in [4.69, 9.17) is 8.92 Å². The average Bonchev–Trinajstić information content (AvgIpc) is 2.68. The lowest BCUT2D eigenvalue weighted by Crippen LogP contribution is -2.36. The van der Waals surface area contributed by atoms with Gasteiger partial charge in [-0.1, -0.05) is 32.0 Å². The first-order valence-electron chi connectivity index (χ1n) is 9.40. The maximum absolute atomic E-state index is 12.8. The van der Waals surface area contributed by atoms with Crippen LogP contribution in [0.5, 0.6) is 5.75 Å². The zero-order chi connectivity index (χ0) is 23.2. The van der Waals surface area contributed by atoms with E-state index in [1.54, 1.807) is 17.0 Å². The molecule has 0 saturated carbocycles. The highest BCUT2D eigenvalue weighted by atomic mass is 32.2. The van der Waals surface area contributed by atoms with Crippen LogP contribution in [-0.4, -0.2) is 39.5 Å². The van der Waals surface area contributed by atoms with Crippen molar-refractivity contribution in [3.63, 3.8) is 0 Å². The normalized spacial score (nSPS) is 12.1. The minimum Gasteiger partial charge on any atom is -0.379 e. The molecule has 0 aliphatic heterocycles. The predicted octanol–water partition coefficient (Wildman–Crippen LogP) is 4.10. The van der Waals surface area contributed by atoms with Crippen LogP contribution in [0.25, 0.3) is 0 Å². The summed E-state index contributed by atoms with van der Waals surface area (Å²) in [4.78, 5) is 13.2. The first-order valence-corrected chi connectivity index (χ1v) is 10.8. The van der Waals surface area contributed by atoms with E-state index in [0.29, 0.717) is 19.2 Å². The number of methoxy groups -OCH3 is 1. The van der Waals surface area contributed by atoms with Gasteiger partial charge in [0.2, 0.25) is 5.91 Å². The molecule has 2 rings (SSSR count). The fourth-order valence-electron chi connectivity index (χ4n) is 2.78. The summed E-state index contributed by atoms with van der Waals surface area (Å²) in [5, 5.41) is 0. The van der Waals surface area contributed by atoms with Gasteiger partial charge >= 0.3 is 16.3 Å². The van der Waals surface area contributed by atoms with Crippen LogP contribution in [0, 0.1) is 5.92 Å². The Balaban J connectivity index is 2.15. The quantitative estimate of drug-likeness (QED) is 0.528. The van der Waals surface area contributed by atoms with Gasteiger partial charge in [0.05, 0.1) is 5.56 Å². The molecule has 6 nitrogen and oxygen atoms in total. The van der Waals surface area contributed by atoms with E-state index in [9.17, 15) is 26.4 Å². The minimum atomic E-state index is -4.67. The maximum Gasteiger partial charge on any atom is 0.416 e. The van der Waals surface area contributed by atoms with E-state index in [2.05, 4.69) is 0 Å². The van der Waals surface area contributed by atoms with Crippen molar-refractivity contribution in [1.82, 2.24) is 4.90 Å². The third-order valence-electron chi connectivity index (χ3n) is 4.16. The number of hydrogen-bond acceptors (Lipinski definition) is 5. The van der Waals surface area contributed by atoms with Gasteiger partial charge in [-0.3, -0.25) is 4.79 Å². The Morgan fingerprint density at radius 1 is 1.10 bits per heavy atom. The van der Waals surface area contributed by atoms with Crippen LogP contribution >= 0.6 is 0 Å². The van der Waals surface area contributed by atoms with Gasteiger partial charge in [-0.25, -0.2) is 0 Å². The SMILES string of the molecule is COCC(=O)N(Cc1ccc(OS(=O)(=O)c2cccc(C(F)(F)F)c2)cc1)CC(C)C. The Kier molecular flexibility index (Phi) is 8.08. The number of hydrogen-bond donors (Lipinski definition) is 0. The first-order chi connectivity index (χ1) is 14.4. The van der Waals surface area contributed by atoms with Gasteiger partial charge in [0.15, 0.2) is 0 Å². The smallest absolute Gasteiger partial charge is 0.379 e. The van der Waals surface area contributed by atoms with Crippen LogP contribution in [0.3, 0.4) is 0 Å². The highest BCUT2D eigenvalue weighted by molar-refractivity contribution is 7.87. The second-order valence-corrected chi connectivity index (χ2v) is 8.85. The van der Waals surface area contributed by atoms with Crippen molar-refractivity contribution in [3.05, 3.63) is 59.7 Å². The fraction of sp³-hybridized carbons (Fsp3) is 0.381. The summed E-state index contributed by atoms with van der Waals surface area (Å²) in [6, 6.07) is 9.28. The number of carbonyl (C=O) groups excluding carboxylic acids is 1. The van der Waals surface area contributed by atoms with Gasteiger partial charge < -0.3 is 13.8 Å². The number of amides is 1. The molecule has 31 heavy (non-hydrogen) atoms. The summed E-state index contributed by atoms with van der Waals surface area (Å²) in [6.45, 7) is 4.71. The highest BCUT2D eigenvalue weighted by Gasteiger charge is 2.32. The Labute approximate surface area is 179 Å². The summed E-state index contributed by atoms with van der Waals surface area (Å²) in [7, 11) is -3.02. The van der Waals surface area contributed by atoms with Gasteiger partial charge in [-0.05, 0) is 41.8 Å². The molecular weight excluding hydrogens is 435 g/mol. The number of benzene rings is 2. The Morgan fingerprint density at radius 3 is 2.29 bits per heavy atom. The zero-order valence-electron chi connectivity index (χ0n) is 17.3. The largest absolute Gasteiger partial charge is 0.416 e. The molecule has 1 amide bonds. The lowest BCUT2D eigenvalue weighted by atomic mass is 10.1. The molecule has 10 heteroatoms. The summed E-state index contributed by atoms with van der Waals surface area (Å²) in [6.07, 6.45) is -4.67. The molecule has 0 aliphatic rings. The molecular formula is C21H24F3NO5S. The molecule has 0 aliphatic carbocycles. The molecule has 2 aromatic rings. The monoisotopic (exact) mass is 459 g/mol. The Morgan fingerprint density at radius 2 is 1.74 bits per heavy atom. The van der Waals surface area contributed by atoms with Gasteiger partial charge in [-0.2, -0.15) is 21.6 Å². The fourth-order valence-corrected chi connectivity index (χ4v) is 3.76. The van der Waals surface area contributed by atoms with Gasteiger partial charge in [0, 0.05) is 20.2 Å². The van der Waals surface area contributed by atoms with E-state index >= 15 is 0 Å². The van der Waals surface area contributed by atoms with Crippen LogP contribution in [0.4, 0.5) is 13.2 Å². The summed E-state index contributed by atoms with van der Waals surface area (Å²) in [5.74, 6) is 0.00413. The molecule has 0 unspecified atom stereocenters. The third-order valence-corrected chi connectivity index (χ3v) is 5.40. The van der Waals surface area contributed by atoms with Gasteiger partial charge in [0.25, 0.3) is 0 Å². The van der Waals surface area contributed by atoms with Gasteiger partial charge in [-0.15, -0.1) is 0 Å². The molecule has 0 N–H and O–H groups in total. The van der Waals surface area contributed by atoms with E-state index in [0.717, 1.165) is 23.8 Å². The Bertz CT molecular complexity index is 989. The molecule has 0 fully saturated rings. The van der Waals surface area contributed by atoms with Crippen molar-refractivity contribution in [2.45, 2.75) is 31.5 Å². The standard InChI is InChI=1S/C21H24F3NO5S/c1-15(2)12-25(20(26)14-29-3)13-16-7-9-18(10-8-16)30-31(27,28)19-6-4-5-17(11-19)21(22,23)24/h4-11,15H,12-14H2,1-3H3. The number of ether oxygens (including phenoxy) is 1. The van der Waals surface area contributed by atoms with Crippen molar-refractivity contribution in [3.8, 4) is 5.75 Å². The predicted molar refractivity (Wildman–Crippen MR) is 108 cm³/mol. The molecule has 0 bridgehead atoms. The second kappa shape index (κ2) is 10.1. The average molecular weight is 459 g/mol. The van der Waals surface area contributed by atoms with Crippen LogP contribution in [0.15, 0.2) is 53.4 Å².